The normalized spacial score (nSPS) is 19.7. The van der Waals surface area contributed by atoms with Crippen LogP contribution in [0.1, 0.15) is 30.9 Å². The lowest BCUT2D eigenvalue weighted by molar-refractivity contribution is -0.164. The van der Waals surface area contributed by atoms with Crippen LogP contribution in [0.3, 0.4) is 0 Å². The molecule has 0 amide bonds. The van der Waals surface area contributed by atoms with Crippen molar-refractivity contribution in [1.82, 2.24) is 0 Å². The molecular weight excluding hydrogens is 411 g/mol. The van der Waals surface area contributed by atoms with Gasteiger partial charge >= 0.3 is 11.9 Å². The lowest BCUT2D eigenvalue weighted by Gasteiger charge is -2.15. The minimum absolute atomic E-state index is 0.0324. The molecule has 0 heterocycles. The van der Waals surface area contributed by atoms with Crippen molar-refractivity contribution in [1.29, 1.82) is 0 Å². The van der Waals surface area contributed by atoms with E-state index in [2.05, 4.69) is 0 Å². The van der Waals surface area contributed by atoms with E-state index in [1.54, 1.807) is 26.0 Å². The molecule has 0 saturated heterocycles. The first-order valence-corrected chi connectivity index (χ1v) is 11.2. The second-order valence-corrected chi connectivity index (χ2v) is 9.19. The van der Waals surface area contributed by atoms with Crippen LogP contribution in [0.25, 0.3) is 0 Å². The fourth-order valence-corrected chi connectivity index (χ4v) is 6.15. The van der Waals surface area contributed by atoms with Crippen LogP contribution in [0.2, 0.25) is 0 Å². The van der Waals surface area contributed by atoms with Gasteiger partial charge in [-0.2, -0.15) is 0 Å². The Hall–Kier alpha value is -2.74. The lowest BCUT2D eigenvalue weighted by atomic mass is 9.99. The van der Waals surface area contributed by atoms with Gasteiger partial charge in [0.2, 0.25) is 0 Å². The number of hydrogen-bond donors (Lipinski definition) is 0. The molecule has 1 fully saturated rings. The van der Waals surface area contributed by atoms with E-state index in [0.29, 0.717) is 0 Å². The van der Waals surface area contributed by atoms with Gasteiger partial charge in [-0.25, -0.2) is 12.8 Å². The Labute approximate surface area is 174 Å². The zero-order valence-electron chi connectivity index (χ0n) is 16.9. The average Bonchev–Trinajstić information content (AvgIpc) is 3.41. The van der Waals surface area contributed by atoms with Gasteiger partial charge in [-0.1, -0.05) is 29.8 Å². The number of carbonyl (C=O) groups is 2. The molecule has 0 spiro atoms. The maximum Gasteiger partial charge on any atom is 0.325 e. The molecule has 1 saturated carbocycles. The number of ether oxygens (including phenoxy) is 2. The molecule has 0 N–H and O–H groups in total. The van der Waals surface area contributed by atoms with E-state index in [-0.39, 0.29) is 23.7 Å². The SMILES string of the molecule is CCOC(=O)C1(C(=O)OCC)[C@H](c2cccc(F)c2)[C@H]1S(=O)(=O)c1ccc(C)cc1. The second kappa shape index (κ2) is 8.18. The Kier molecular flexibility index (Phi) is 5.99. The third-order valence-electron chi connectivity index (χ3n) is 5.25. The first-order chi connectivity index (χ1) is 14.2. The largest absolute Gasteiger partial charge is 0.465 e. The van der Waals surface area contributed by atoms with E-state index in [1.807, 2.05) is 6.92 Å². The second-order valence-electron chi connectivity index (χ2n) is 7.12. The van der Waals surface area contributed by atoms with Crippen LogP contribution < -0.4 is 0 Å². The highest BCUT2D eigenvalue weighted by molar-refractivity contribution is 7.92. The fraction of sp³-hybridized carbons (Fsp3) is 0.364. The van der Waals surface area contributed by atoms with Gasteiger partial charge in [0.15, 0.2) is 15.3 Å². The Morgan fingerprint density at radius 1 is 1.00 bits per heavy atom. The Morgan fingerprint density at radius 2 is 1.57 bits per heavy atom. The summed E-state index contributed by atoms with van der Waals surface area (Å²) in [6.07, 6.45) is 0. The molecule has 3 rings (SSSR count). The maximum absolute atomic E-state index is 13.9. The molecule has 2 aromatic rings. The Balaban J connectivity index is 2.21. The molecule has 0 bridgehead atoms. The van der Waals surface area contributed by atoms with Crippen molar-refractivity contribution in [3.8, 4) is 0 Å². The summed E-state index contributed by atoms with van der Waals surface area (Å²) in [5.74, 6) is -3.71. The molecule has 2 atom stereocenters. The molecule has 1 aliphatic rings. The number of rotatable bonds is 7. The maximum atomic E-state index is 13.9. The summed E-state index contributed by atoms with van der Waals surface area (Å²) in [7, 11) is -4.15. The number of halogens is 1. The number of carbonyl (C=O) groups excluding carboxylic acids is 2. The van der Waals surface area contributed by atoms with E-state index < -0.39 is 44.2 Å². The summed E-state index contributed by atoms with van der Waals surface area (Å²) >= 11 is 0. The van der Waals surface area contributed by atoms with Gasteiger partial charge in [0.1, 0.15) is 11.1 Å². The van der Waals surface area contributed by atoms with Crippen LogP contribution >= 0.6 is 0 Å². The van der Waals surface area contributed by atoms with E-state index in [1.165, 1.54) is 30.3 Å². The summed E-state index contributed by atoms with van der Waals surface area (Å²) < 4.78 is 51.1. The molecular formula is C22H23FO6S. The lowest BCUT2D eigenvalue weighted by Crippen LogP contribution is -2.35. The van der Waals surface area contributed by atoms with Crippen molar-refractivity contribution in [2.75, 3.05) is 13.2 Å². The van der Waals surface area contributed by atoms with Gasteiger partial charge in [-0.3, -0.25) is 9.59 Å². The molecule has 6 nitrogen and oxygen atoms in total. The van der Waals surface area contributed by atoms with Gasteiger partial charge in [0, 0.05) is 5.92 Å². The standard InChI is InChI=1S/C22H23FO6S/c1-4-28-20(24)22(21(25)29-5-2)18(15-7-6-8-16(23)13-15)19(22)30(26,27)17-11-9-14(3)10-12-17/h6-13,18-19H,4-5H2,1-3H3/t18-,19-/m1/s1. The molecule has 0 unspecified atom stereocenters. The first kappa shape index (κ1) is 22.0. The summed E-state index contributed by atoms with van der Waals surface area (Å²) in [5, 5.41) is -1.47. The first-order valence-electron chi connectivity index (χ1n) is 9.61. The summed E-state index contributed by atoms with van der Waals surface area (Å²) in [5.41, 5.74) is -1.02. The molecule has 8 heteroatoms. The van der Waals surface area contributed by atoms with Crippen molar-refractivity contribution in [2.24, 2.45) is 5.41 Å². The zero-order chi connectivity index (χ0) is 22.1. The fourth-order valence-electron chi connectivity index (χ4n) is 3.86. The highest BCUT2D eigenvalue weighted by Gasteiger charge is 2.81. The van der Waals surface area contributed by atoms with E-state index >= 15 is 0 Å². The molecule has 2 aromatic carbocycles. The molecule has 0 aliphatic heterocycles. The predicted molar refractivity (Wildman–Crippen MR) is 107 cm³/mol. The van der Waals surface area contributed by atoms with Crippen molar-refractivity contribution in [3.63, 3.8) is 0 Å². The van der Waals surface area contributed by atoms with Crippen LogP contribution in [0.15, 0.2) is 53.4 Å². The molecule has 30 heavy (non-hydrogen) atoms. The number of aryl methyl sites for hydroxylation is 1. The highest BCUT2D eigenvalue weighted by atomic mass is 32.2. The number of hydrogen-bond acceptors (Lipinski definition) is 6. The predicted octanol–water partition coefficient (Wildman–Crippen LogP) is 3.19. The van der Waals surface area contributed by atoms with Gasteiger partial charge in [0.05, 0.1) is 18.1 Å². The summed E-state index contributed by atoms with van der Waals surface area (Å²) in [6, 6.07) is 11.3. The molecule has 0 radical (unpaired) electrons. The van der Waals surface area contributed by atoms with Gasteiger partial charge < -0.3 is 9.47 Å². The number of benzene rings is 2. The van der Waals surface area contributed by atoms with E-state index in [4.69, 9.17) is 9.47 Å². The van der Waals surface area contributed by atoms with Crippen molar-refractivity contribution >= 4 is 21.8 Å². The van der Waals surface area contributed by atoms with Crippen molar-refractivity contribution in [3.05, 3.63) is 65.5 Å². The molecule has 0 aromatic heterocycles. The average molecular weight is 434 g/mol. The van der Waals surface area contributed by atoms with Crippen molar-refractivity contribution in [2.45, 2.75) is 36.8 Å². The Morgan fingerprint density at radius 3 is 2.07 bits per heavy atom. The minimum Gasteiger partial charge on any atom is -0.465 e. The number of esters is 2. The number of sulfone groups is 1. The van der Waals surface area contributed by atoms with E-state index in [9.17, 15) is 22.4 Å². The van der Waals surface area contributed by atoms with Gasteiger partial charge in [-0.05, 0) is 50.6 Å². The van der Waals surface area contributed by atoms with Crippen LogP contribution in [-0.2, 0) is 28.9 Å². The summed E-state index contributed by atoms with van der Waals surface area (Å²) in [4.78, 5) is 25.9. The van der Waals surface area contributed by atoms with Crippen LogP contribution in [0.5, 0.6) is 0 Å². The topological polar surface area (TPSA) is 86.7 Å². The van der Waals surface area contributed by atoms with Gasteiger partial charge in [-0.15, -0.1) is 0 Å². The highest BCUT2D eigenvalue weighted by Crippen LogP contribution is 2.65. The van der Waals surface area contributed by atoms with Crippen molar-refractivity contribution < 1.29 is 31.9 Å². The third-order valence-corrected chi connectivity index (χ3v) is 7.49. The van der Waals surface area contributed by atoms with E-state index in [0.717, 1.165) is 11.6 Å². The van der Waals surface area contributed by atoms with Crippen LogP contribution in [-0.4, -0.2) is 38.8 Å². The molecule has 1 aliphatic carbocycles. The van der Waals surface area contributed by atoms with Crippen LogP contribution in [0.4, 0.5) is 4.39 Å². The quantitative estimate of drug-likeness (QED) is 0.491. The minimum atomic E-state index is -4.15. The monoisotopic (exact) mass is 434 g/mol. The Bertz CT molecular complexity index is 1040. The summed E-state index contributed by atoms with van der Waals surface area (Å²) in [6.45, 7) is 4.82. The van der Waals surface area contributed by atoms with Gasteiger partial charge in [0.25, 0.3) is 0 Å². The van der Waals surface area contributed by atoms with Crippen LogP contribution in [0, 0.1) is 18.2 Å². The smallest absolute Gasteiger partial charge is 0.325 e. The molecule has 160 valence electrons. The zero-order valence-corrected chi connectivity index (χ0v) is 17.7. The third kappa shape index (κ3) is 3.49.